The van der Waals surface area contributed by atoms with E-state index in [9.17, 15) is 23.1 Å². The van der Waals surface area contributed by atoms with Crippen molar-refractivity contribution in [1.82, 2.24) is 5.01 Å². The third kappa shape index (κ3) is 3.45. The van der Waals surface area contributed by atoms with Crippen molar-refractivity contribution in [1.29, 1.82) is 0 Å². The largest absolute Gasteiger partial charge is 0.497 e. The van der Waals surface area contributed by atoms with Crippen molar-refractivity contribution in [2.24, 2.45) is 5.10 Å². The molecule has 5 nitrogen and oxygen atoms in total. The van der Waals surface area contributed by atoms with E-state index in [-0.39, 0.29) is 21.3 Å². The molecule has 0 aromatic heterocycles. The number of hydrogen-bond acceptors (Lipinski definition) is 4. The lowest BCUT2D eigenvalue weighted by Gasteiger charge is -2.32. The van der Waals surface area contributed by atoms with Gasteiger partial charge in [0.2, 0.25) is 0 Å². The number of halogens is 4. The van der Waals surface area contributed by atoms with Gasteiger partial charge in [0.05, 0.1) is 29.8 Å². The molecule has 2 aromatic carbocycles. The fourth-order valence-electron chi connectivity index (χ4n) is 2.83. The molecule has 3 rings (SSSR count). The third-order valence-corrected chi connectivity index (χ3v) is 4.72. The SMILES string of the molecule is COc1ccc(C2=NN(C(=O)c3ccc(C)cc3Cl)[C@@](O)(C(F)(F)F)C2)cc1. The summed E-state index contributed by atoms with van der Waals surface area (Å²) in [6, 6.07) is 10.4. The van der Waals surface area contributed by atoms with Crippen molar-refractivity contribution in [3.8, 4) is 5.75 Å². The molecule has 0 saturated carbocycles. The average molecular weight is 413 g/mol. The van der Waals surface area contributed by atoms with Crippen LogP contribution in [0.2, 0.25) is 5.02 Å². The third-order valence-electron chi connectivity index (χ3n) is 4.41. The van der Waals surface area contributed by atoms with E-state index in [0.29, 0.717) is 11.3 Å². The highest BCUT2D eigenvalue weighted by Crippen LogP contribution is 2.42. The summed E-state index contributed by atoms with van der Waals surface area (Å²) in [7, 11) is 1.45. The van der Waals surface area contributed by atoms with Crippen LogP contribution in [-0.4, -0.2) is 40.7 Å². The number of carbonyl (C=O) groups is 1. The number of aryl methyl sites for hydroxylation is 1. The van der Waals surface area contributed by atoms with Crippen LogP contribution in [0.4, 0.5) is 13.2 Å². The number of amides is 1. The Balaban J connectivity index is 2.05. The Hall–Kier alpha value is -2.58. The molecular weight excluding hydrogens is 397 g/mol. The normalized spacial score (nSPS) is 19.5. The zero-order chi connectivity index (χ0) is 20.7. The van der Waals surface area contributed by atoms with Crippen LogP contribution in [0.5, 0.6) is 5.75 Å². The maximum absolute atomic E-state index is 13.7. The van der Waals surface area contributed by atoms with E-state index in [1.807, 2.05) is 0 Å². The van der Waals surface area contributed by atoms with Crippen LogP contribution >= 0.6 is 11.6 Å². The van der Waals surface area contributed by atoms with Crippen molar-refractivity contribution < 1.29 is 27.8 Å². The van der Waals surface area contributed by atoms with Gasteiger partial charge in [0.1, 0.15) is 5.75 Å². The van der Waals surface area contributed by atoms with Gasteiger partial charge in [-0.1, -0.05) is 17.7 Å². The second-order valence-electron chi connectivity index (χ2n) is 6.37. The molecule has 9 heteroatoms. The molecule has 28 heavy (non-hydrogen) atoms. The minimum atomic E-state index is -5.13. The molecule has 0 fully saturated rings. The number of hydrazone groups is 1. The highest BCUT2D eigenvalue weighted by Gasteiger charge is 2.63. The quantitative estimate of drug-likeness (QED) is 0.823. The highest BCUT2D eigenvalue weighted by atomic mass is 35.5. The summed E-state index contributed by atoms with van der Waals surface area (Å²) < 4.78 is 46.0. The minimum Gasteiger partial charge on any atom is -0.497 e. The van der Waals surface area contributed by atoms with Crippen molar-refractivity contribution in [3.63, 3.8) is 0 Å². The van der Waals surface area contributed by atoms with Gasteiger partial charge in [0, 0.05) is 0 Å². The van der Waals surface area contributed by atoms with Crippen LogP contribution in [-0.2, 0) is 0 Å². The van der Waals surface area contributed by atoms with E-state index in [4.69, 9.17) is 16.3 Å². The monoisotopic (exact) mass is 412 g/mol. The molecule has 1 aliphatic rings. The van der Waals surface area contributed by atoms with Crippen LogP contribution in [0.1, 0.15) is 27.9 Å². The van der Waals surface area contributed by atoms with E-state index in [1.54, 1.807) is 19.1 Å². The van der Waals surface area contributed by atoms with Gasteiger partial charge >= 0.3 is 6.18 Å². The van der Waals surface area contributed by atoms with E-state index in [1.165, 1.54) is 37.4 Å². The summed E-state index contributed by atoms with van der Waals surface area (Å²) in [5.74, 6) is -0.638. The van der Waals surface area contributed by atoms with E-state index in [0.717, 1.165) is 5.56 Å². The number of hydrogen-bond donors (Lipinski definition) is 1. The summed E-state index contributed by atoms with van der Waals surface area (Å²) in [5.41, 5.74) is -2.69. The van der Waals surface area contributed by atoms with Crippen LogP contribution in [0.25, 0.3) is 0 Å². The summed E-state index contributed by atoms with van der Waals surface area (Å²) >= 11 is 6.02. The Morgan fingerprint density at radius 1 is 1.25 bits per heavy atom. The zero-order valence-electron chi connectivity index (χ0n) is 14.9. The fourth-order valence-corrected chi connectivity index (χ4v) is 3.15. The predicted octanol–water partition coefficient (Wildman–Crippen LogP) is 4.16. The molecule has 0 saturated heterocycles. The number of ether oxygens (including phenoxy) is 1. The smallest absolute Gasteiger partial charge is 0.438 e. The second-order valence-corrected chi connectivity index (χ2v) is 6.77. The predicted molar refractivity (Wildman–Crippen MR) is 97.5 cm³/mol. The van der Waals surface area contributed by atoms with Gasteiger partial charge in [-0.3, -0.25) is 4.79 Å². The zero-order valence-corrected chi connectivity index (χ0v) is 15.7. The number of nitrogens with zero attached hydrogens (tertiary/aromatic N) is 2. The minimum absolute atomic E-state index is 0.0254. The van der Waals surface area contributed by atoms with E-state index >= 15 is 0 Å². The highest BCUT2D eigenvalue weighted by molar-refractivity contribution is 6.34. The molecule has 0 radical (unpaired) electrons. The number of alkyl halides is 3. The molecule has 1 N–H and O–H groups in total. The Morgan fingerprint density at radius 2 is 1.89 bits per heavy atom. The van der Waals surface area contributed by atoms with Gasteiger partial charge in [-0.25, -0.2) is 0 Å². The summed E-state index contributed by atoms with van der Waals surface area (Å²) in [6.07, 6.45) is -6.03. The van der Waals surface area contributed by atoms with Crippen molar-refractivity contribution in [2.45, 2.75) is 25.2 Å². The Bertz CT molecular complexity index is 944. The molecule has 0 bridgehead atoms. The molecule has 0 spiro atoms. The lowest BCUT2D eigenvalue weighted by Crippen LogP contribution is -2.56. The van der Waals surface area contributed by atoms with Crippen molar-refractivity contribution >= 4 is 23.2 Å². The first-order chi connectivity index (χ1) is 13.1. The van der Waals surface area contributed by atoms with E-state index < -0.39 is 24.2 Å². The molecule has 1 amide bonds. The summed E-state index contributed by atoms with van der Waals surface area (Å²) in [6.45, 7) is 1.72. The van der Waals surface area contributed by atoms with Crippen LogP contribution in [0, 0.1) is 6.92 Å². The molecular formula is C19H16ClF3N2O3. The standard InChI is InChI=1S/C19H16ClF3N2O3/c1-11-3-8-14(15(20)9-11)17(26)25-18(27,19(21,22)23)10-16(24-25)12-4-6-13(28-2)7-5-12/h3-9,27H,10H2,1-2H3/t18-/m0/s1. The van der Waals surface area contributed by atoms with Crippen molar-refractivity contribution in [3.05, 3.63) is 64.2 Å². The number of methoxy groups -OCH3 is 1. The van der Waals surface area contributed by atoms with Gasteiger partial charge < -0.3 is 9.84 Å². The number of aliphatic hydroxyl groups is 1. The topological polar surface area (TPSA) is 62.1 Å². The van der Waals surface area contributed by atoms with Crippen LogP contribution < -0.4 is 4.74 Å². The number of rotatable bonds is 3. The summed E-state index contributed by atoms with van der Waals surface area (Å²) in [5, 5.41) is 14.2. The van der Waals surface area contributed by atoms with Crippen LogP contribution in [0.3, 0.4) is 0 Å². The average Bonchev–Trinajstić information content (AvgIpc) is 3.00. The Morgan fingerprint density at radius 3 is 2.43 bits per heavy atom. The first kappa shape index (κ1) is 20.2. The Kier molecular flexibility index (Phi) is 5.12. The second kappa shape index (κ2) is 7.10. The van der Waals surface area contributed by atoms with Gasteiger partial charge in [0.25, 0.3) is 11.6 Å². The molecule has 0 aliphatic carbocycles. The van der Waals surface area contributed by atoms with Gasteiger partial charge in [0.15, 0.2) is 0 Å². The number of benzene rings is 2. The first-order valence-electron chi connectivity index (χ1n) is 8.18. The summed E-state index contributed by atoms with van der Waals surface area (Å²) in [4.78, 5) is 12.8. The van der Waals surface area contributed by atoms with E-state index in [2.05, 4.69) is 5.10 Å². The molecule has 0 unspecified atom stereocenters. The maximum atomic E-state index is 13.7. The van der Waals surface area contributed by atoms with Crippen molar-refractivity contribution in [2.75, 3.05) is 7.11 Å². The molecule has 148 valence electrons. The molecule has 2 aromatic rings. The molecule has 1 heterocycles. The lowest BCUT2D eigenvalue weighted by molar-refractivity contribution is -0.297. The first-order valence-corrected chi connectivity index (χ1v) is 8.56. The van der Waals surface area contributed by atoms with Gasteiger partial charge in [-0.15, -0.1) is 0 Å². The molecule has 1 aliphatic heterocycles. The van der Waals surface area contributed by atoms with Gasteiger partial charge in [-0.2, -0.15) is 23.3 Å². The van der Waals surface area contributed by atoms with Crippen LogP contribution in [0.15, 0.2) is 47.6 Å². The maximum Gasteiger partial charge on any atom is 0.438 e. The lowest BCUT2D eigenvalue weighted by atomic mass is 10.0. The number of carbonyl (C=O) groups excluding carboxylic acids is 1. The molecule has 1 atom stereocenters. The Labute approximate surface area is 164 Å². The fraction of sp³-hybridized carbons (Fsp3) is 0.263. The van der Waals surface area contributed by atoms with Gasteiger partial charge in [-0.05, 0) is 54.4 Å².